The molecule has 0 radical (unpaired) electrons. The van der Waals surface area contributed by atoms with Gasteiger partial charge in [-0.2, -0.15) is 0 Å². The molecule has 0 aromatic rings. The molecule has 0 aromatic heterocycles. The Morgan fingerprint density at radius 1 is 0.579 bits per heavy atom. The van der Waals surface area contributed by atoms with Gasteiger partial charge in [0.15, 0.2) is 0 Å². The summed E-state index contributed by atoms with van der Waals surface area (Å²) in [4.78, 5) is 23.0. The third-order valence-electron chi connectivity index (χ3n) is 3.70. The first kappa shape index (κ1) is 16.2. The van der Waals surface area contributed by atoms with Gasteiger partial charge in [0.05, 0.1) is 6.61 Å². The summed E-state index contributed by atoms with van der Waals surface area (Å²) in [6, 6.07) is 0. The third-order valence-corrected chi connectivity index (χ3v) is 3.70. The van der Waals surface area contributed by atoms with Gasteiger partial charge in [-0.15, -0.1) is 0 Å². The Kier molecular flexibility index (Phi) is 9.38. The Balaban J connectivity index is 2.21. The average molecular weight is 268 g/mol. The van der Waals surface area contributed by atoms with Crippen LogP contribution >= 0.6 is 0 Å². The van der Waals surface area contributed by atoms with Crippen molar-refractivity contribution in [3.63, 3.8) is 0 Å². The summed E-state index contributed by atoms with van der Waals surface area (Å²) in [5.41, 5.74) is 0. The van der Waals surface area contributed by atoms with Crippen molar-refractivity contribution >= 4 is 11.8 Å². The zero-order chi connectivity index (χ0) is 13.8. The smallest absolute Gasteiger partial charge is 0.305 e. The van der Waals surface area contributed by atoms with Crippen molar-refractivity contribution in [3.8, 4) is 0 Å². The van der Waals surface area contributed by atoms with Crippen LogP contribution in [0.1, 0.15) is 83.5 Å². The fourth-order valence-electron chi connectivity index (χ4n) is 2.46. The molecule has 3 nitrogen and oxygen atoms in total. The van der Waals surface area contributed by atoms with Crippen LogP contribution in [0.25, 0.3) is 0 Å². The molecular formula is C16H28O3. The fraction of sp³-hybridized carbons (Fsp3) is 0.875. The monoisotopic (exact) mass is 268 g/mol. The molecule has 1 rings (SSSR count). The van der Waals surface area contributed by atoms with Gasteiger partial charge in [-0.25, -0.2) is 0 Å². The Morgan fingerprint density at radius 2 is 1.05 bits per heavy atom. The predicted octanol–water partition coefficient (Wildman–Crippen LogP) is 4.18. The fourth-order valence-corrected chi connectivity index (χ4v) is 2.46. The molecule has 0 atom stereocenters. The highest BCUT2D eigenvalue weighted by molar-refractivity contribution is 5.78. The van der Waals surface area contributed by atoms with E-state index in [0.29, 0.717) is 18.8 Å². The Labute approximate surface area is 117 Å². The number of carbonyl (C=O) groups excluding carboxylic acids is 2. The van der Waals surface area contributed by atoms with Crippen LogP contribution in [-0.2, 0) is 14.3 Å². The van der Waals surface area contributed by atoms with E-state index in [1.807, 2.05) is 0 Å². The summed E-state index contributed by atoms with van der Waals surface area (Å²) in [5.74, 6) is 0.391. The minimum Gasteiger partial charge on any atom is -0.466 e. The van der Waals surface area contributed by atoms with Crippen LogP contribution in [0.5, 0.6) is 0 Å². The van der Waals surface area contributed by atoms with E-state index >= 15 is 0 Å². The lowest BCUT2D eigenvalue weighted by atomic mass is 10.0. The summed E-state index contributed by atoms with van der Waals surface area (Å²) in [5, 5.41) is 0. The number of Topliss-reactive ketones (excluding diaryl/α,β-unsaturated/α-hetero) is 1. The van der Waals surface area contributed by atoms with E-state index in [1.165, 1.54) is 0 Å². The van der Waals surface area contributed by atoms with Gasteiger partial charge in [0.25, 0.3) is 0 Å². The number of esters is 1. The number of ketones is 1. The minimum absolute atomic E-state index is 0.0421. The molecule has 3 heteroatoms. The lowest BCUT2D eigenvalue weighted by molar-refractivity contribution is -0.143. The minimum atomic E-state index is -0.0421. The second-order valence-corrected chi connectivity index (χ2v) is 5.54. The molecule has 0 unspecified atom stereocenters. The number of rotatable bonds is 0. The first-order chi connectivity index (χ1) is 9.29. The van der Waals surface area contributed by atoms with Crippen LogP contribution in [0, 0.1) is 0 Å². The van der Waals surface area contributed by atoms with Gasteiger partial charge in [-0.3, -0.25) is 9.59 Å². The second-order valence-electron chi connectivity index (χ2n) is 5.54. The average Bonchev–Trinajstić information content (AvgIpc) is 2.40. The summed E-state index contributed by atoms with van der Waals surface area (Å²) >= 11 is 0. The lowest BCUT2D eigenvalue weighted by Crippen LogP contribution is -2.05. The van der Waals surface area contributed by atoms with Gasteiger partial charge in [0.2, 0.25) is 0 Å². The van der Waals surface area contributed by atoms with E-state index in [9.17, 15) is 9.59 Å². The topological polar surface area (TPSA) is 43.4 Å². The van der Waals surface area contributed by atoms with Crippen molar-refractivity contribution in [2.45, 2.75) is 83.5 Å². The number of hydrogen-bond acceptors (Lipinski definition) is 3. The molecule has 19 heavy (non-hydrogen) atoms. The zero-order valence-electron chi connectivity index (χ0n) is 12.1. The van der Waals surface area contributed by atoms with Gasteiger partial charge in [0.1, 0.15) is 5.78 Å². The van der Waals surface area contributed by atoms with Gasteiger partial charge in [-0.1, -0.05) is 38.5 Å². The zero-order valence-corrected chi connectivity index (χ0v) is 12.1. The van der Waals surface area contributed by atoms with Crippen LogP contribution < -0.4 is 0 Å². The van der Waals surface area contributed by atoms with Crippen molar-refractivity contribution in [3.05, 3.63) is 0 Å². The Bertz CT molecular complexity index is 235. The maximum absolute atomic E-state index is 11.6. The van der Waals surface area contributed by atoms with Crippen molar-refractivity contribution < 1.29 is 14.3 Å². The van der Waals surface area contributed by atoms with Crippen molar-refractivity contribution in [2.75, 3.05) is 6.61 Å². The Hall–Kier alpha value is -0.860. The quantitative estimate of drug-likeness (QED) is 0.619. The molecule has 1 saturated heterocycles. The maximum Gasteiger partial charge on any atom is 0.305 e. The summed E-state index contributed by atoms with van der Waals surface area (Å²) in [6.45, 7) is 0.567. The number of hydrogen-bond donors (Lipinski definition) is 0. The van der Waals surface area contributed by atoms with Crippen LogP contribution in [0.3, 0.4) is 0 Å². The van der Waals surface area contributed by atoms with Crippen LogP contribution in [0.15, 0.2) is 0 Å². The highest BCUT2D eigenvalue weighted by Crippen LogP contribution is 2.12. The third kappa shape index (κ3) is 9.69. The standard InChI is InChI=1S/C16H28O3/c17-15-11-7-3-1-5-9-13-16(18)19-14-10-6-2-4-8-12-15/h1-14H2. The van der Waals surface area contributed by atoms with E-state index in [4.69, 9.17) is 4.74 Å². The van der Waals surface area contributed by atoms with E-state index in [2.05, 4.69) is 0 Å². The molecule has 0 aromatic carbocycles. The molecule has 1 aliphatic heterocycles. The normalized spacial score (nSPS) is 22.5. The van der Waals surface area contributed by atoms with E-state index in [0.717, 1.165) is 77.0 Å². The molecule has 110 valence electrons. The molecule has 0 amide bonds. The number of ether oxygens (including phenoxy) is 1. The van der Waals surface area contributed by atoms with Gasteiger partial charge in [-0.05, 0) is 25.7 Å². The first-order valence-electron chi connectivity index (χ1n) is 7.96. The molecule has 0 aliphatic carbocycles. The molecule has 0 bridgehead atoms. The van der Waals surface area contributed by atoms with Gasteiger partial charge >= 0.3 is 5.97 Å². The lowest BCUT2D eigenvalue weighted by Gasteiger charge is -2.04. The van der Waals surface area contributed by atoms with Gasteiger partial charge < -0.3 is 4.74 Å². The molecule has 0 saturated carbocycles. The maximum atomic E-state index is 11.6. The van der Waals surface area contributed by atoms with Crippen LogP contribution in [0.4, 0.5) is 0 Å². The van der Waals surface area contributed by atoms with Crippen molar-refractivity contribution in [1.29, 1.82) is 0 Å². The molecule has 1 aliphatic rings. The Morgan fingerprint density at radius 3 is 1.68 bits per heavy atom. The van der Waals surface area contributed by atoms with Crippen molar-refractivity contribution in [2.24, 2.45) is 0 Å². The van der Waals surface area contributed by atoms with E-state index in [-0.39, 0.29) is 5.97 Å². The number of carbonyl (C=O) groups is 2. The summed E-state index contributed by atoms with van der Waals surface area (Å²) < 4.78 is 5.19. The molecular weight excluding hydrogens is 240 g/mol. The molecule has 1 heterocycles. The molecule has 0 N–H and O–H groups in total. The molecule has 0 spiro atoms. The van der Waals surface area contributed by atoms with Crippen LogP contribution in [0.2, 0.25) is 0 Å². The van der Waals surface area contributed by atoms with Crippen LogP contribution in [-0.4, -0.2) is 18.4 Å². The second kappa shape index (κ2) is 11.0. The highest BCUT2D eigenvalue weighted by Gasteiger charge is 2.05. The number of cyclic esters (lactones) is 1. The van der Waals surface area contributed by atoms with Gasteiger partial charge in [0, 0.05) is 19.3 Å². The first-order valence-corrected chi connectivity index (χ1v) is 7.96. The highest BCUT2D eigenvalue weighted by atomic mass is 16.5. The largest absolute Gasteiger partial charge is 0.466 e. The predicted molar refractivity (Wildman–Crippen MR) is 76.0 cm³/mol. The summed E-state index contributed by atoms with van der Waals surface area (Å²) in [7, 11) is 0. The SMILES string of the molecule is O=C1CCCCCCCOC(=O)CCCCCCC1. The summed E-state index contributed by atoms with van der Waals surface area (Å²) in [6.07, 6.45) is 12.7. The molecule has 1 fully saturated rings. The van der Waals surface area contributed by atoms with Crippen molar-refractivity contribution in [1.82, 2.24) is 0 Å². The van der Waals surface area contributed by atoms with E-state index in [1.54, 1.807) is 0 Å². The van der Waals surface area contributed by atoms with E-state index < -0.39 is 0 Å².